The van der Waals surface area contributed by atoms with Crippen molar-refractivity contribution in [3.63, 3.8) is 0 Å². The minimum atomic E-state index is -0.142. The van der Waals surface area contributed by atoms with E-state index in [1.54, 1.807) is 0 Å². The van der Waals surface area contributed by atoms with Crippen molar-refractivity contribution in [1.29, 1.82) is 0 Å². The first-order valence-electron chi connectivity index (χ1n) is 7.72. The first-order chi connectivity index (χ1) is 11.6. The fourth-order valence-electron chi connectivity index (χ4n) is 2.60. The highest BCUT2D eigenvalue weighted by Gasteiger charge is 2.14. The number of benzene rings is 1. The molecule has 0 aliphatic heterocycles. The lowest BCUT2D eigenvalue weighted by molar-refractivity contribution is 0.545. The molecule has 0 bridgehead atoms. The normalized spacial score (nSPS) is 11.4. The molecule has 0 spiro atoms. The SMILES string of the molecule is CCc1cc(=O)n2nc(N(C)Cc3cc4ccccc4o3)sc2n1. The van der Waals surface area contributed by atoms with Gasteiger partial charge in [0.15, 0.2) is 0 Å². The highest BCUT2D eigenvalue weighted by molar-refractivity contribution is 7.20. The summed E-state index contributed by atoms with van der Waals surface area (Å²) in [4.78, 5) is 19.1. The van der Waals surface area contributed by atoms with Gasteiger partial charge < -0.3 is 9.32 Å². The zero-order chi connectivity index (χ0) is 16.7. The maximum Gasteiger partial charge on any atom is 0.275 e. The number of para-hydroxylation sites is 1. The van der Waals surface area contributed by atoms with Crippen molar-refractivity contribution in [2.75, 3.05) is 11.9 Å². The van der Waals surface area contributed by atoms with Crippen LogP contribution in [0.4, 0.5) is 5.13 Å². The predicted octanol–water partition coefficient (Wildman–Crippen LogP) is 3.10. The molecular formula is C17H16N4O2S. The summed E-state index contributed by atoms with van der Waals surface area (Å²) in [6.45, 7) is 2.55. The molecule has 0 N–H and O–H groups in total. The predicted molar refractivity (Wildman–Crippen MR) is 94.8 cm³/mol. The van der Waals surface area contributed by atoms with Crippen molar-refractivity contribution in [2.24, 2.45) is 0 Å². The number of anilines is 1. The van der Waals surface area contributed by atoms with E-state index in [1.807, 2.05) is 49.2 Å². The summed E-state index contributed by atoms with van der Waals surface area (Å²) >= 11 is 1.40. The molecule has 0 saturated heterocycles. The van der Waals surface area contributed by atoms with Gasteiger partial charge in [-0.15, -0.1) is 5.10 Å². The van der Waals surface area contributed by atoms with Crippen molar-refractivity contribution in [3.05, 3.63) is 58.2 Å². The van der Waals surface area contributed by atoms with E-state index in [4.69, 9.17) is 4.42 Å². The van der Waals surface area contributed by atoms with Crippen molar-refractivity contribution < 1.29 is 4.42 Å². The van der Waals surface area contributed by atoms with Gasteiger partial charge in [0.25, 0.3) is 5.56 Å². The Morgan fingerprint density at radius 1 is 1.29 bits per heavy atom. The van der Waals surface area contributed by atoms with Crippen LogP contribution in [0.3, 0.4) is 0 Å². The molecule has 0 saturated carbocycles. The Hall–Kier alpha value is -2.67. The quantitative estimate of drug-likeness (QED) is 0.571. The molecule has 4 rings (SSSR count). The molecule has 4 aromatic rings. The van der Waals surface area contributed by atoms with Gasteiger partial charge in [0.05, 0.1) is 6.54 Å². The second-order valence-electron chi connectivity index (χ2n) is 5.62. The molecule has 1 aromatic carbocycles. The summed E-state index contributed by atoms with van der Waals surface area (Å²) in [6.07, 6.45) is 0.730. The van der Waals surface area contributed by atoms with Crippen LogP contribution >= 0.6 is 11.3 Å². The van der Waals surface area contributed by atoms with Crippen molar-refractivity contribution in [1.82, 2.24) is 14.6 Å². The summed E-state index contributed by atoms with van der Waals surface area (Å²) in [5.41, 5.74) is 1.52. The monoisotopic (exact) mass is 340 g/mol. The third-order valence-electron chi connectivity index (χ3n) is 3.85. The summed E-state index contributed by atoms with van der Waals surface area (Å²) in [5, 5.41) is 6.19. The minimum absolute atomic E-state index is 0.142. The highest BCUT2D eigenvalue weighted by atomic mass is 32.1. The molecule has 3 aromatic heterocycles. The van der Waals surface area contributed by atoms with Gasteiger partial charge in [0.1, 0.15) is 11.3 Å². The molecule has 0 aliphatic rings. The Labute approximate surface area is 142 Å². The highest BCUT2D eigenvalue weighted by Crippen LogP contribution is 2.24. The van der Waals surface area contributed by atoms with Gasteiger partial charge in [-0.05, 0) is 18.6 Å². The van der Waals surface area contributed by atoms with Crippen molar-refractivity contribution in [2.45, 2.75) is 19.9 Å². The Kier molecular flexibility index (Phi) is 3.57. The second-order valence-corrected chi connectivity index (χ2v) is 6.56. The third-order valence-corrected chi connectivity index (χ3v) is 4.87. The molecule has 0 aliphatic carbocycles. The first-order valence-corrected chi connectivity index (χ1v) is 8.54. The second kappa shape index (κ2) is 5.76. The van der Waals surface area contributed by atoms with E-state index in [1.165, 1.54) is 21.9 Å². The van der Waals surface area contributed by atoms with Gasteiger partial charge >= 0.3 is 0 Å². The number of hydrogen-bond donors (Lipinski definition) is 0. The average molecular weight is 340 g/mol. The maximum absolute atomic E-state index is 12.1. The summed E-state index contributed by atoms with van der Waals surface area (Å²) in [5.74, 6) is 0.854. The average Bonchev–Trinajstić information content (AvgIpc) is 3.17. The fraction of sp³-hybridized carbons (Fsp3) is 0.235. The maximum atomic E-state index is 12.1. The Bertz CT molecular complexity index is 1050. The summed E-state index contributed by atoms with van der Waals surface area (Å²) in [6, 6.07) is 11.5. The standard InChI is InChI=1S/C17H16N4O2S/c1-3-12-9-15(22)21-16(18-12)24-17(19-21)20(2)10-13-8-11-6-4-5-7-14(11)23-13/h4-9H,3,10H2,1-2H3. The van der Waals surface area contributed by atoms with Crippen LogP contribution in [0.25, 0.3) is 15.9 Å². The topological polar surface area (TPSA) is 63.6 Å². The van der Waals surface area contributed by atoms with Gasteiger partial charge in [-0.1, -0.05) is 36.5 Å². The van der Waals surface area contributed by atoms with Crippen LogP contribution < -0.4 is 10.5 Å². The van der Waals surface area contributed by atoms with E-state index >= 15 is 0 Å². The van der Waals surface area contributed by atoms with Crippen molar-refractivity contribution in [3.8, 4) is 0 Å². The van der Waals surface area contributed by atoms with Crippen LogP contribution in [0, 0.1) is 0 Å². The van der Waals surface area contributed by atoms with E-state index in [0.29, 0.717) is 11.5 Å². The Morgan fingerprint density at radius 3 is 2.92 bits per heavy atom. The number of aryl methyl sites for hydroxylation is 1. The Morgan fingerprint density at radius 2 is 2.12 bits per heavy atom. The molecular weight excluding hydrogens is 324 g/mol. The van der Waals surface area contributed by atoms with Crippen LogP contribution in [0.1, 0.15) is 18.4 Å². The lowest BCUT2D eigenvalue weighted by Crippen LogP contribution is -2.18. The molecule has 0 atom stereocenters. The van der Waals surface area contributed by atoms with Crippen LogP contribution in [0.15, 0.2) is 45.6 Å². The van der Waals surface area contributed by atoms with E-state index in [0.717, 1.165) is 34.0 Å². The van der Waals surface area contributed by atoms with Crippen molar-refractivity contribution >= 4 is 32.4 Å². The molecule has 0 fully saturated rings. The lowest BCUT2D eigenvalue weighted by atomic mass is 10.2. The molecule has 122 valence electrons. The van der Waals surface area contributed by atoms with E-state index in [2.05, 4.69) is 10.1 Å². The first kappa shape index (κ1) is 14.9. The number of aromatic nitrogens is 3. The molecule has 3 heterocycles. The molecule has 0 radical (unpaired) electrons. The molecule has 6 nitrogen and oxygen atoms in total. The Balaban J connectivity index is 1.66. The van der Waals surface area contributed by atoms with Crippen LogP contribution in [0.5, 0.6) is 0 Å². The van der Waals surface area contributed by atoms with Crippen LogP contribution in [-0.2, 0) is 13.0 Å². The zero-order valence-electron chi connectivity index (χ0n) is 13.4. The molecule has 24 heavy (non-hydrogen) atoms. The number of hydrogen-bond acceptors (Lipinski definition) is 6. The van der Waals surface area contributed by atoms with Gasteiger partial charge in [0, 0.05) is 24.2 Å². The van der Waals surface area contributed by atoms with Gasteiger partial charge in [-0.2, -0.15) is 4.52 Å². The summed E-state index contributed by atoms with van der Waals surface area (Å²) in [7, 11) is 1.93. The van der Waals surface area contributed by atoms with E-state index in [-0.39, 0.29) is 5.56 Å². The summed E-state index contributed by atoms with van der Waals surface area (Å²) < 4.78 is 7.20. The number of nitrogens with zero attached hydrogens (tertiary/aromatic N) is 4. The number of fused-ring (bicyclic) bond motifs is 2. The van der Waals surface area contributed by atoms with Gasteiger partial charge in [-0.3, -0.25) is 4.79 Å². The van der Waals surface area contributed by atoms with Gasteiger partial charge in [0.2, 0.25) is 10.1 Å². The zero-order valence-corrected chi connectivity index (χ0v) is 14.2. The van der Waals surface area contributed by atoms with E-state index in [9.17, 15) is 4.79 Å². The van der Waals surface area contributed by atoms with Crippen LogP contribution in [0.2, 0.25) is 0 Å². The van der Waals surface area contributed by atoms with E-state index < -0.39 is 0 Å². The third kappa shape index (κ3) is 2.56. The molecule has 0 unspecified atom stereocenters. The largest absolute Gasteiger partial charge is 0.459 e. The van der Waals surface area contributed by atoms with Gasteiger partial charge in [-0.25, -0.2) is 4.98 Å². The number of rotatable bonds is 4. The number of furan rings is 1. The smallest absolute Gasteiger partial charge is 0.275 e. The molecule has 7 heteroatoms. The lowest BCUT2D eigenvalue weighted by Gasteiger charge is -2.12. The van der Waals surface area contributed by atoms with Crippen LogP contribution in [-0.4, -0.2) is 21.6 Å². The molecule has 0 amide bonds. The minimum Gasteiger partial charge on any atom is -0.459 e. The fourth-order valence-corrected chi connectivity index (χ4v) is 3.48.